The van der Waals surface area contributed by atoms with Crippen LogP contribution < -0.4 is 0 Å². The minimum absolute atomic E-state index is 0.323. The standard InChI is InChI=1S/C10H7F3N2O2S2/c11-10(12,13)7-4-14-9(15-5-7)19(16,17)6-8-2-1-3-18-8/h1-5H,6H2. The number of alkyl halides is 3. The summed E-state index contributed by atoms with van der Waals surface area (Å²) in [5.74, 6) is -0.323. The van der Waals surface area contributed by atoms with Crippen molar-refractivity contribution in [2.45, 2.75) is 17.1 Å². The molecule has 0 saturated carbocycles. The lowest BCUT2D eigenvalue weighted by Gasteiger charge is -2.06. The number of hydrogen-bond donors (Lipinski definition) is 0. The molecule has 0 aliphatic rings. The first kappa shape index (κ1) is 13.9. The highest BCUT2D eigenvalue weighted by Gasteiger charge is 2.32. The highest BCUT2D eigenvalue weighted by Crippen LogP contribution is 2.28. The molecular formula is C10H7F3N2O2S2. The highest BCUT2D eigenvalue weighted by molar-refractivity contribution is 7.90. The van der Waals surface area contributed by atoms with E-state index in [4.69, 9.17) is 0 Å². The molecule has 2 aromatic rings. The van der Waals surface area contributed by atoms with Crippen LogP contribution in [-0.2, 0) is 21.8 Å². The Bertz CT molecular complexity index is 649. The molecule has 19 heavy (non-hydrogen) atoms. The summed E-state index contributed by atoms with van der Waals surface area (Å²) >= 11 is 1.24. The molecule has 102 valence electrons. The lowest BCUT2D eigenvalue weighted by Crippen LogP contribution is -2.12. The van der Waals surface area contributed by atoms with Crippen molar-refractivity contribution in [1.82, 2.24) is 9.97 Å². The van der Waals surface area contributed by atoms with Gasteiger partial charge < -0.3 is 0 Å². The molecule has 0 fully saturated rings. The molecular weight excluding hydrogens is 301 g/mol. The van der Waals surface area contributed by atoms with Gasteiger partial charge in [0.05, 0.1) is 11.3 Å². The van der Waals surface area contributed by atoms with Crippen LogP contribution >= 0.6 is 11.3 Å². The van der Waals surface area contributed by atoms with Gasteiger partial charge in [-0.05, 0) is 11.4 Å². The molecule has 9 heteroatoms. The molecule has 0 N–H and O–H groups in total. The molecule has 0 aromatic carbocycles. The maximum Gasteiger partial charge on any atom is 0.419 e. The summed E-state index contributed by atoms with van der Waals surface area (Å²) in [5.41, 5.74) is -1.08. The van der Waals surface area contributed by atoms with Gasteiger partial charge in [-0.25, -0.2) is 18.4 Å². The van der Waals surface area contributed by atoms with E-state index in [1.807, 2.05) is 0 Å². The molecule has 0 spiro atoms. The second-order valence-corrected chi connectivity index (χ2v) is 6.51. The van der Waals surface area contributed by atoms with Crippen LogP contribution in [0.15, 0.2) is 35.1 Å². The Morgan fingerprint density at radius 3 is 2.32 bits per heavy atom. The first-order chi connectivity index (χ1) is 8.79. The van der Waals surface area contributed by atoms with Crippen molar-refractivity contribution in [3.8, 4) is 0 Å². The van der Waals surface area contributed by atoms with Crippen LogP contribution in [-0.4, -0.2) is 18.4 Å². The normalized spacial score (nSPS) is 12.6. The number of aromatic nitrogens is 2. The van der Waals surface area contributed by atoms with Gasteiger partial charge in [0, 0.05) is 17.3 Å². The van der Waals surface area contributed by atoms with Crippen LogP contribution in [0.1, 0.15) is 10.4 Å². The topological polar surface area (TPSA) is 59.9 Å². The maximum atomic E-state index is 12.3. The van der Waals surface area contributed by atoms with E-state index in [-0.39, 0.29) is 5.75 Å². The quantitative estimate of drug-likeness (QED) is 0.818. The Morgan fingerprint density at radius 1 is 1.21 bits per heavy atom. The largest absolute Gasteiger partial charge is 0.419 e. The molecule has 0 bridgehead atoms. The van der Waals surface area contributed by atoms with Crippen molar-refractivity contribution in [3.05, 3.63) is 40.3 Å². The van der Waals surface area contributed by atoms with Crippen molar-refractivity contribution < 1.29 is 21.6 Å². The Kier molecular flexibility index (Phi) is 3.59. The fourth-order valence-corrected chi connectivity index (χ4v) is 3.52. The molecule has 4 nitrogen and oxygen atoms in total. The van der Waals surface area contributed by atoms with Gasteiger partial charge in [0.25, 0.3) is 0 Å². The fraction of sp³-hybridized carbons (Fsp3) is 0.200. The van der Waals surface area contributed by atoms with E-state index < -0.39 is 26.7 Å². The second kappa shape index (κ2) is 4.89. The lowest BCUT2D eigenvalue weighted by molar-refractivity contribution is -0.138. The molecule has 0 radical (unpaired) electrons. The third-order valence-corrected chi connectivity index (χ3v) is 4.66. The van der Waals surface area contributed by atoms with Gasteiger partial charge in [0.15, 0.2) is 0 Å². The Hall–Kier alpha value is -1.48. The number of rotatable bonds is 3. The number of thiophene rings is 1. The molecule has 2 rings (SSSR count). The van der Waals surface area contributed by atoms with E-state index in [0.717, 1.165) is 0 Å². The first-order valence-corrected chi connectivity index (χ1v) is 7.46. The van der Waals surface area contributed by atoms with E-state index in [9.17, 15) is 21.6 Å². The zero-order chi connectivity index (χ0) is 14.1. The average Bonchev–Trinajstić information content (AvgIpc) is 2.80. The highest BCUT2D eigenvalue weighted by atomic mass is 32.2. The summed E-state index contributed by atoms with van der Waals surface area (Å²) in [4.78, 5) is 7.14. The molecule has 0 aliphatic carbocycles. The van der Waals surface area contributed by atoms with Crippen LogP contribution in [0, 0.1) is 0 Å². The van der Waals surface area contributed by atoms with E-state index in [1.165, 1.54) is 11.3 Å². The van der Waals surface area contributed by atoms with E-state index in [1.54, 1.807) is 17.5 Å². The Labute approximate surface area is 110 Å². The van der Waals surface area contributed by atoms with Crippen LogP contribution in [0.3, 0.4) is 0 Å². The van der Waals surface area contributed by atoms with Crippen molar-refractivity contribution in [3.63, 3.8) is 0 Å². The summed E-state index contributed by atoms with van der Waals surface area (Å²) in [6, 6.07) is 3.30. The van der Waals surface area contributed by atoms with Gasteiger partial charge in [0.1, 0.15) is 0 Å². The minimum atomic E-state index is -4.59. The SMILES string of the molecule is O=S(=O)(Cc1cccs1)c1ncc(C(F)(F)F)cn1. The number of halogens is 3. The van der Waals surface area contributed by atoms with E-state index in [0.29, 0.717) is 17.3 Å². The fourth-order valence-electron chi connectivity index (χ4n) is 1.27. The summed E-state index contributed by atoms with van der Waals surface area (Å²) in [6.07, 6.45) is -3.65. The number of hydrogen-bond acceptors (Lipinski definition) is 5. The lowest BCUT2D eigenvalue weighted by atomic mass is 10.3. The molecule has 2 aromatic heterocycles. The smallest absolute Gasteiger partial charge is 0.226 e. The van der Waals surface area contributed by atoms with Gasteiger partial charge in [-0.15, -0.1) is 11.3 Å². The Morgan fingerprint density at radius 2 is 1.84 bits per heavy atom. The van der Waals surface area contributed by atoms with Crippen LogP contribution in [0.2, 0.25) is 0 Å². The third-order valence-electron chi connectivity index (χ3n) is 2.15. The maximum absolute atomic E-state index is 12.3. The zero-order valence-electron chi connectivity index (χ0n) is 9.26. The molecule has 0 saturated heterocycles. The van der Waals surface area contributed by atoms with Crippen molar-refractivity contribution in [2.75, 3.05) is 0 Å². The predicted octanol–water partition coefficient (Wildman–Crippen LogP) is 2.53. The van der Waals surface area contributed by atoms with Crippen LogP contribution in [0.5, 0.6) is 0 Å². The van der Waals surface area contributed by atoms with Gasteiger partial charge in [0.2, 0.25) is 15.0 Å². The zero-order valence-corrected chi connectivity index (χ0v) is 10.9. The minimum Gasteiger partial charge on any atom is -0.226 e. The van der Waals surface area contributed by atoms with Gasteiger partial charge in [-0.1, -0.05) is 6.07 Å². The number of sulfone groups is 1. The summed E-state index contributed by atoms with van der Waals surface area (Å²) in [6.45, 7) is 0. The molecule has 0 amide bonds. The van der Waals surface area contributed by atoms with Crippen molar-refractivity contribution in [1.29, 1.82) is 0 Å². The molecule has 0 atom stereocenters. The van der Waals surface area contributed by atoms with Crippen LogP contribution in [0.4, 0.5) is 13.2 Å². The second-order valence-electron chi connectivity index (χ2n) is 3.59. The summed E-state index contributed by atoms with van der Waals surface area (Å²) in [5, 5.41) is 1.10. The Balaban J connectivity index is 2.27. The summed E-state index contributed by atoms with van der Waals surface area (Å²) in [7, 11) is -3.82. The molecule has 0 aliphatic heterocycles. The van der Waals surface area contributed by atoms with Crippen LogP contribution in [0.25, 0.3) is 0 Å². The van der Waals surface area contributed by atoms with Crippen molar-refractivity contribution >= 4 is 21.2 Å². The van der Waals surface area contributed by atoms with Gasteiger partial charge >= 0.3 is 6.18 Å². The first-order valence-electron chi connectivity index (χ1n) is 4.93. The third kappa shape index (κ3) is 3.29. The van der Waals surface area contributed by atoms with Crippen molar-refractivity contribution in [2.24, 2.45) is 0 Å². The molecule has 0 unspecified atom stereocenters. The molecule has 2 heterocycles. The number of nitrogens with zero attached hydrogens (tertiary/aromatic N) is 2. The predicted molar refractivity (Wildman–Crippen MR) is 62.2 cm³/mol. The van der Waals surface area contributed by atoms with E-state index in [2.05, 4.69) is 9.97 Å². The monoisotopic (exact) mass is 308 g/mol. The average molecular weight is 308 g/mol. The summed E-state index contributed by atoms with van der Waals surface area (Å²) < 4.78 is 60.6. The van der Waals surface area contributed by atoms with Gasteiger partial charge in [-0.2, -0.15) is 13.2 Å². The van der Waals surface area contributed by atoms with E-state index >= 15 is 0 Å². The van der Waals surface area contributed by atoms with Gasteiger partial charge in [-0.3, -0.25) is 0 Å².